The van der Waals surface area contributed by atoms with Crippen LogP contribution in [0.15, 0.2) is 35.9 Å². The van der Waals surface area contributed by atoms with E-state index in [-0.39, 0.29) is 0 Å². The van der Waals surface area contributed by atoms with E-state index in [9.17, 15) is 0 Å². The van der Waals surface area contributed by atoms with Gasteiger partial charge in [0.15, 0.2) is 0 Å². The van der Waals surface area contributed by atoms with Gasteiger partial charge < -0.3 is 10.1 Å². The highest BCUT2D eigenvalue weighted by atomic mass is 16.5. The van der Waals surface area contributed by atoms with Crippen LogP contribution in [0.4, 0.5) is 0 Å². The zero-order chi connectivity index (χ0) is 13.5. The number of nitrogens with one attached hydrogen (secondary N) is 1. The van der Waals surface area contributed by atoms with Crippen molar-refractivity contribution in [3.05, 3.63) is 41.5 Å². The average molecular weight is 259 g/mol. The fraction of sp³-hybridized carbons (Fsp3) is 0.529. The molecule has 2 rings (SSSR count). The van der Waals surface area contributed by atoms with Gasteiger partial charge in [0.25, 0.3) is 0 Å². The molecule has 0 aromatic heterocycles. The summed E-state index contributed by atoms with van der Waals surface area (Å²) < 4.78 is 5.19. The zero-order valence-electron chi connectivity index (χ0n) is 12.1. The van der Waals surface area contributed by atoms with Crippen molar-refractivity contribution in [2.24, 2.45) is 0 Å². The number of likely N-dealkylation sites (N-methyl/N-ethyl adjacent to an activating group) is 1. The fourth-order valence-electron chi connectivity index (χ4n) is 2.78. The number of rotatable bonds is 7. The first kappa shape index (κ1) is 14.1. The Balaban J connectivity index is 1.90. The number of hydrogen-bond acceptors (Lipinski definition) is 2. The number of methoxy groups -OCH3 is 1. The van der Waals surface area contributed by atoms with Crippen LogP contribution in [0.2, 0.25) is 0 Å². The van der Waals surface area contributed by atoms with Crippen LogP contribution in [-0.4, -0.2) is 19.7 Å². The van der Waals surface area contributed by atoms with Crippen LogP contribution in [0.5, 0.6) is 5.75 Å². The van der Waals surface area contributed by atoms with Gasteiger partial charge in [-0.25, -0.2) is 0 Å². The van der Waals surface area contributed by atoms with Crippen LogP contribution in [0.25, 0.3) is 0 Å². The van der Waals surface area contributed by atoms with Crippen LogP contribution in [-0.2, 0) is 6.42 Å². The van der Waals surface area contributed by atoms with Crippen molar-refractivity contribution in [3.63, 3.8) is 0 Å². The van der Waals surface area contributed by atoms with E-state index in [1.54, 1.807) is 12.7 Å². The molecule has 1 aliphatic carbocycles. The largest absolute Gasteiger partial charge is 0.497 e. The molecule has 0 aliphatic heterocycles. The first-order chi connectivity index (χ1) is 9.33. The van der Waals surface area contributed by atoms with Crippen molar-refractivity contribution in [1.29, 1.82) is 0 Å². The Morgan fingerprint density at radius 2 is 2.05 bits per heavy atom. The molecule has 1 N–H and O–H groups in total. The Labute approximate surface area is 116 Å². The number of benzene rings is 1. The summed E-state index contributed by atoms with van der Waals surface area (Å²) in [6.07, 6.45) is 8.62. The summed E-state index contributed by atoms with van der Waals surface area (Å²) in [5, 5.41) is 3.62. The van der Waals surface area contributed by atoms with Gasteiger partial charge in [-0.15, -0.1) is 0 Å². The summed E-state index contributed by atoms with van der Waals surface area (Å²) in [6, 6.07) is 9.00. The minimum atomic E-state index is 0.564. The fourth-order valence-corrected chi connectivity index (χ4v) is 2.78. The minimum absolute atomic E-state index is 0.564. The molecule has 1 unspecified atom stereocenters. The second-order valence-electron chi connectivity index (χ2n) is 5.17. The normalized spacial score (nSPS) is 16.2. The quantitative estimate of drug-likeness (QED) is 0.754. The molecule has 104 valence electrons. The van der Waals surface area contributed by atoms with E-state index in [1.807, 2.05) is 12.1 Å². The van der Waals surface area contributed by atoms with E-state index >= 15 is 0 Å². The van der Waals surface area contributed by atoms with Gasteiger partial charge in [-0.2, -0.15) is 0 Å². The average Bonchev–Trinajstić information content (AvgIpc) is 2.98. The van der Waals surface area contributed by atoms with Crippen molar-refractivity contribution < 1.29 is 4.74 Å². The van der Waals surface area contributed by atoms with Crippen LogP contribution in [0.3, 0.4) is 0 Å². The highest BCUT2D eigenvalue weighted by Gasteiger charge is 2.15. The molecule has 1 aromatic rings. The van der Waals surface area contributed by atoms with Gasteiger partial charge >= 0.3 is 0 Å². The molecule has 0 bridgehead atoms. The highest BCUT2D eigenvalue weighted by molar-refractivity contribution is 5.27. The third-order valence-corrected chi connectivity index (χ3v) is 3.85. The highest BCUT2D eigenvalue weighted by Crippen LogP contribution is 2.23. The first-order valence-corrected chi connectivity index (χ1v) is 7.38. The van der Waals surface area contributed by atoms with Gasteiger partial charge in [-0.05, 0) is 56.3 Å². The maximum absolute atomic E-state index is 5.19. The lowest BCUT2D eigenvalue weighted by atomic mass is 9.98. The van der Waals surface area contributed by atoms with E-state index in [2.05, 4.69) is 30.4 Å². The second-order valence-corrected chi connectivity index (χ2v) is 5.17. The Kier molecular flexibility index (Phi) is 5.46. The lowest BCUT2D eigenvalue weighted by Crippen LogP contribution is -2.30. The van der Waals surface area contributed by atoms with Crippen molar-refractivity contribution in [2.75, 3.05) is 13.7 Å². The van der Waals surface area contributed by atoms with E-state index in [0.717, 1.165) is 18.7 Å². The molecular formula is C17H25NO. The van der Waals surface area contributed by atoms with Crippen LogP contribution >= 0.6 is 0 Å². The monoisotopic (exact) mass is 259 g/mol. The maximum atomic E-state index is 5.19. The molecule has 0 fully saturated rings. The number of hydrogen-bond donors (Lipinski definition) is 1. The number of aryl methyl sites for hydroxylation is 1. The third kappa shape index (κ3) is 4.10. The van der Waals surface area contributed by atoms with Gasteiger partial charge in [0.05, 0.1) is 7.11 Å². The van der Waals surface area contributed by atoms with Gasteiger partial charge in [0.1, 0.15) is 5.75 Å². The van der Waals surface area contributed by atoms with E-state index in [0.29, 0.717) is 6.04 Å². The van der Waals surface area contributed by atoms with Crippen LogP contribution in [0, 0.1) is 0 Å². The first-order valence-electron chi connectivity index (χ1n) is 7.38. The predicted octanol–water partition coefficient (Wildman–Crippen LogP) is 3.72. The molecule has 0 amide bonds. The topological polar surface area (TPSA) is 21.3 Å². The zero-order valence-corrected chi connectivity index (χ0v) is 12.1. The van der Waals surface area contributed by atoms with Gasteiger partial charge in [0.2, 0.25) is 0 Å². The standard InChI is InChI=1S/C17H25NO/c1-3-18-17(15-6-4-5-7-15)13-10-14-8-11-16(19-2)12-9-14/h6,8-9,11-12,17-18H,3-5,7,10,13H2,1-2H3. The molecule has 0 saturated carbocycles. The van der Waals surface area contributed by atoms with Crippen LogP contribution < -0.4 is 10.1 Å². The number of ether oxygens (including phenoxy) is 1. The minimum Gasteiger partial charge on any atom is -0.497 e. The molecular weight excluding hydrogens is 234 g/mol. The van der Waals surface area contributed by atoms with Crippen molar-refractivity contribution >= 4 is 0 Å². The molecule has 19 heavy (non-hydrogen) atoms. The summed E-state index contributed by atoms with van der Waals surface area (Å²) in [5.74, 6) is 0.936. The summed E-state index contributed by atoms with van der Waals surface area (Å²) in [7, 11) is 1.71. The molecule has 1 aromatic carbocycles. The van der Waals surface area contributed by atoms with Crippen molar-refractivity contribution in [1.82, 2.24) is 5.32 Å². The summed E-state index contributed by atoms with van der Waals surface area (Å²) >= 11 is 0. The molecule has 0 heterocycles. The Bertz CT molecular complexity index is 408. The van der Waals surface area contributed by atoms with E-state index in [4.69, 9.17) is 4.74 Å². The van der Waals surface area contributed by atoms with E-state index in [1.165, 1.54) is 31.2 Å². The van der Waals surface area contributed by atoms with Gasteiger partial charge in [-0.3, -0.25) is 0 Å². The molecule has 0 saturated heterocycles. The molecule has 2 heteroatoms. The predicted molar refractivity (Wildman–Crippen MR) is 80.7 cm³/mol. The second kappa shape index (κ2) is 7.34. The van der Waals surface area contributed by atoms with Crippen molar-refractivity contribution in [3.8, 4) is 5.75 Å². The number of allylic oxidation sites excluding steroid dienone is 1. The molecule has 0 radical (unpaired) electrons. The van der Waals surface area contributed by atoms with Gasteiger partial charge in [0, 0.05) is 6.04 Å². The summed E-state index contributed by atoms with van der Waals surface area (Å²) in [4.78, 5) is 0. The smallest absolute Gasteiger partial charge is 0.118 e. The molecule has 1 aliphatic rings. The molecule has 0 spiro atoms. The summed E-state index contributed by atoms with van der Waals surface area (Å²) in [6.45, 7) is 3.24. The maximum Gasteiger partial charge on any atom is 0.118 e. The Morgan fingerprint density at radius 1 is 1.26 bits per heavy atom. The Hall–Kier alpha value is -1.28. The van der Waals surface area contributed by atoms with E-state index < -0.39 is 0 Å². The lowest BCUT2D eigenvalue weighted by Gasteiger charge is -2.19. The SMILES string of the molecule is CCNC(CCc1ccc(OC)cc1)C1=CCCC1. The Morgan fingerprint density at radius 3 is 2.63 bits per heavy atom. The van der Waals surface area contributed by atoms with Crippen LogP contribution in [0.1, 0.15) is 38.2 Å². The third-order valence-electron chi connectivity index (χ3n) is 3.85. The molecule has 1 atom stereocenters. The lowest BCUT2D eigenvalue weighted by molar-refractivity contribution is 0.414. The molecule has 2 nitrogen and oxygen atoms in total. The summed E-state index contributed by atoms with van der Waals surface area (Å²) in [5.41, 5.74) is 3.01. The van der Waals surface area contributed by atoms with Gasteiger partial charge in [-0.1, -0.05) is 30.7 Å². The van der Waals surface area contributed by atoms with Crippen molar-refractivity contribution in [2.45, 2.75) is 45.1 Å².